The number of carbonyl (C=O) groups excluding carboxylic acids is 2. The van der Waals surface area contributed by atoms with Gasteiger partial charge in [-0.05, 0) is 29.8 Å². The van der Waals surface area contributed by atoms with Gasteiger partial charge in [-0.1, -0.05) is 65.2 Å². The average Bonchev–Trinajstić information content (AvgIpc) is 3.29. The van der Waals surface area contributed by atoms with Crippen LogP contribution in [-0.2, 0) is 9.59 Å². The number of carbonyl (C=O) groups is 2. The van der Waals surface area contributed by atoms with Gasteiger partial charge in [0.25, 0.3) is 5.91 Å². The molecule has 2 heterocycles. The Balaban J connectivity index is 1.33. The topological polar surface area (TPSA) is 80.7 Å². The van der Waals surface area contributed by atoms with E-state index in [-0.39, 0.29) is 17.6 Å². The quantitative estimate of drug-likeness (QED) is 0.581. The molecule has 2 amide bonds. The number of methoxy groups -OCH3 is 1. The van der Waals surface area contributed by atoms with Crippen LogP contribution in [0, 0.1) is 0 Å². The molecule has 29 heavy (non-hydrogen) atoms. The second-order valence-electron chi connectivity index (χ2n) is 5.89. The summed E-state index contributed by atoms with van der Waals surface area (Å²) in [7, 11) is 1.61. The van der Waals surface area contributed by atoms with Gasteiger partial charge in [0, 0.05) is 0 Å². The molecular formula is C20H15N3O3S3. The van der Waals surface area contributed by atoms with Crippen molar-refractivity contribution >= 4 is 72.5 Å². The zero-order valence-electron chi connectivity index (χ0n) is 15.2. The van der Waals surface area contributed by atoms with Gasteiger partial charge in [-0.15, -0.1) is 0 Å². The van der Waals surface area contributed by atoms with Gasteiger partial charge < -0.3 is 10.1 Å². The number of fused-ring (bicyclic) bond motifs is 1. The lowest BCUT2D eigenvalue weighted by Crippen LogP contribution is -2.14. The van der Waals surface area contributed by atoms with E-state index < -0.39 is 0 Å². The van der Waals surface area contributed by atoms with Gasteiger partial charge in [0.1, 0.15) is 10.1 Å². The molecule has 3 aromatic rings. The Labute approximate surface area is 179 Å². The van der Waals surface area contributed by atoms with Gasteiger partial charge in [0.2, 0.25) is 5.91 Å². The van der Waals surface area contributed by atoms with Crippen LogP contribution >= 0.6 is 34.9 Å². The standard InChI is InChI=1S/C20H15N3O3S3/c1-26-13-7-8-14-15(10-13)28-19(21-14)22-17(24)11-27-20-23-18(25)16(29-20)9-12-5-3-2-4-6-12/h2-10H,11H2,1H3,(H,21,22,24)/b16-9+. The third kappa shape index (κ3) is 4.87. The zero-order chi connectivity index (χ0) is 20.2. The SMILES string of the molecule is COc1ccc2nc(NC(=O)CSC3=NC(=O)/C(=C\c4ccccc4)S3)sc2c1. The van der Waals surface area contributed by atoms with Crippen molar-refractivity contribution in [2.24, 2.45) is 4.99 Å². The fourth-order valence-electron chi connectivity index (χ4n) is 2.52. The summed E-state index contributed by atoms with van der Waals surface area (Å²) in [5.74, 6) is 0.422. The van der Waals surface area contributed by atoms with E-state index in [0.29, 0.717) is 14.4 Å². The van der Waals surface area contributed by atoms with E-state index in [4.69, 9.17) is 4.74 Å². The van der Waals surface area contributed by atoms with Crippen LogP contribution in [0.1, 0.15) is 5.56 Å². The van der Waals surface area contributed by atoms with Crippen molar-refractivity contribution in [1.82, 2.24) is 4.98 Å². The molecule has 1 aliphatic heterocycles. The summed E-state index contributed by atoms with van der Waals surface area (Å²) in [5.41, 5.74) is 1.74. The number of aromatic nitrogens is 1. The van der Waals surface area contributed by atoms with Gasteiger partial charge in [0.15, 0.2) is 5.13 Å². The molecule has 0 fully saturated rings. The van der Waals surface area contributed by atoms with Crippen molar-refractivity contribution in [3.8, 4) is 5.75 Å². The first-order valence-electron chi connectivity index (χ1n) is 8.55. The number of ether oxygens (including phenoxy) is 1. The number of nitrogens with zero attached hydrogens (tertiary/aromatic N) is 2. The van der Waals surface area contributed by atoms with Crippen LogP contribution in [0.4, 0.5) is 5.13 Å². The van der Waals surface area contributed by atoms with Crippen molar-refractivity contribution < 1.29 is 14.3 Å². The third-order valence-corrected chi connectivity index (χ3v) is 6.93. The lowest BCUT2D eigenvalue weighted by atomic mass is 10.2. The number of thioether (sulfide) groups is 2. The Bertz CT molecular complexity index is 1140. The minimum absolute atomic E-state index is 0.150. The maximum absolute atomic E-state index is 12.3. The lowest BCUT2D eigenvalue weighted by molar-refractivity contribution is -0.114. The molecule has 0 aliphatic carbocycles. The first kappa shape index (κ1) is 19.7. The van der Waals surface area contributed by atoms with Crippen LogP contribution in [-0.4, -0.2) is 34.0 Å². The summed E-state index contributed by atoms with van der Waals surface area (Å²) >= 11 is 3.91. The van der Waals surface area contributed by atoms with E-state index in [1.165, 1.54) is 34.9 Å². The lowest BCUT2D eigenvalue weighted by Gasteiger charge is -2.00. The number of anilines is 1. The molecule has 6 nitrogen and oxygen atoms in total. The molecular weight excluding hydrogens is 426 g/mol. The molecule has 1 aromatic heterocycles. The minimum atomic E-state index is -0.276. The molecule has 0 bridgehead atoms. The van der Waals surface area contributed by atoms with E-state index >= 15 is 0 Å². The van der Waals surface area contributed by atoms with Crippen LogP contribution < -0.4 is 10.1 Å². The normalized spacial score (nSPS) is 15.0. The summed E-state index contributed by atoms with van der Waals surface area (Å²) in [4.78, 5) is 33.3. The smallest absolute Gasteiger partial charge is 0.285 e. The minimum Gasteiger partial charge on any atom is -0.497 e. The molecule has 0 unspecified atom stereocenters. The van der Waals surface area contributed by atoms with Crippen molar-refractivity contribution in [3.63, 3.8) is 0 Å². The number of aliphatic imine (C=N–C) groups is 1. The first-order valence-corrected chi connectivity index (χ1v) is 11.2. The second-order valence-corrected chi connectivity index (χ2v) is 9.18. The molecule has 0 spiro atoms. The first-order chi connectivity index (χ1) is 14.1. The van der Waals surface area contributed by atoms with Crippen LogP contribution in [0.2, 0.25) is 0 Å². The van der Waals surface area contributed by atoms with E-state index in [9.17, 15) is 9.59 Å². The summed E-state index contributed by atoms with van der Waals surface area (Å²) in [6.07, 6.45) is 1.81. The van der Waals surface area contributed by atoms with Crippen molar-refractivity contribution in [2.75, 3.05) is 18.2 Å². The van der Waals surface area contributed by atoms with Crippen LogP contribution in [0.15, 0.2) is 58.4 Å². The van der Waals surface area contributed by atoms with Crippen LogP contribution in [0.25, 0.3) is 16.3 Å². The maximum Gasteiger partial charge on any atom is 0.285 e. The molecule has 0 saturated carbocycles. The fraction of sp³-hybridized carbons (Fsp3) is 0.100. The van der Waals surface area contributed by atoms with Gasteiger partial charge in [-0.25, -0.2) is 4.98 Å². The molecule has 0 radical (unpaired) electrons. The predicted octanol–water partition coefficient (Wildman–Crippen LogP) is 4.65. The van der Waals surface area contributed by atoms with E-state index in [1.807, 2.05) is 48.5 Å². The fourth-order valence-corrected chi connectivity index (χ4v) is 5.23. The monoisotopic (exact) mass is 441 g/mol. The largest absolute Gasteiger partial charge is 0.497 e. The van der Waals surface area contributed by atoms with E-state index in [2.05, 4.69) is 15.3 Å². The molecule has 2 aromatic carbocycles. The van der Waals surface area contributed by atoms with Gasteiger partial charge in [-0.3, -0.25) is 9.59 Å². The molecule has 1 aliphatic rings. The predicted molar refractivity (Wildman–Crippen MR) is 122 cm³/mol. The summed E-state index contributed by atoms with van der Waals surface area (Å²) in [5, 5.41) is 3.33. The number of hydrogen-bond donors (Lipinski definition) is 1. The summed E-state index contributed by atoms with van der Waals surface area (Å²) in [6, 6.07) is 15.2. The Hall–Kier alpha value is -2.62. The highest BCUT2D eigenvalue weighted by Gasteiger charge is 2.23. The molecule has 9 heteroatoms. The molecule has 146 valence electrons. The Morgan fingerprint density at radius 2 is 2.07 bits per heavy atom. The summed E-state index contributed by atoms with van der Waals surface area (Å²) in [6.45, 7) is 0. The number of nitrogens with one attached hydrogen (secondary N) is 1. The van der Waals surface area contributed by atoms with Crippen LogP contribution in [0.5, 0.6) is 5.75 Å². The average molecular weight is 442 g/mol. The second kappa shape index (κ2) is 8.81. The van der Waals surface area contributed by atoms with E-state index in [1.54, 1.807) is 13.2 Å². The van der Waals surface area contributed by atoms with Crippen LogP contribution in [0.3, 0.4) is 0 Å². The molecule has 0 atom stereocenters. The van der Waals surface area contributed by atoms with Gasteiger partial charge >= 0.3 is 0 Å². The summed E-state index contributed by atoms with van der Waals surface area (Å²) < 4.78 is 6.71. The van der Waals surface area contributed by atoms with Crippen molar-refractivity contribution in [3.05, 3.63) is 59.0 Å². The number of amides is 2. The molecule has 1 N–H and O–H groups in total. The Morgan fingerprint density at radius 3 is 2.86 bits per heavy atom. The van der Waals surface area contributed by atoms with Crippen molar-refractivity contribution in [2.45, 2.75) is 0 Å². The number of benzene rings is 2. The highest BCUT2D eigenvalue weighted by molar-refractivity contribution is 8.41. The highest BCUT2D eigenvalue weighted by Crippen LogP contribution is 2.34. The van der Waals surface area contributed by atoms with Gasteiger partial charge in [0.05, 0.1) is 28.0 Å². The maximum atomic E-state index is 12.3. The van der Waals surface area contributed by atoms with Crippen molar-refractivity contribution in [1.29, 1.82) is 0 Å². The Kier molecular flexibility index (Phi) is 5.98. The zero-order valence-corrected chi connectivity index (χ0v) is 17.7. The number of thiazole rings is 1. The number of rotatable bonds is 5. The molecule has 0 saturated heterocycles. The van der Waals surface area contributed by atoms with Gasteiger partial charge in [-0.2, -0.15) is 4.99 Å². The highest BCUT2D eigenvalue weighted by atomic mass is 32.2. The van der Waals surface area contributed by atoms with E-state index in [0.717, 1.165) is 21.5 Å². The third-order valence-electron chi connectivity index (χ3n) is 3.87. The molecule has 4 rings (SSSR count). The Morgan fingerprint density at radius 1 is 1.24 bits per heavy atom. The number of hydrogen-bond acceptors (Lipinski definition) is 7.